The predicted molar refractivity (Wildman–Crippen MR) is 107 cm³/mol. The van der Waals surface area contributed by atoms with Crippen LogP contribution in [-0.4, -0.2) is 21.6 Å². The molecular weight excluding hydrogens is 353 g/mol. The van der Waals surface area contributed by atoms with Crippen molar-refractivity contribution in [3.8, 4) is 5.88 Å². The van der Waals surface area contributed by atoms with Crippen LogP contribution in [0.4, 0.5) is 4.39 Å². The molecule has 0 bridgehead atoms. The summed E-state index contributed by atoms with van der Waals surface area (Å²) < 4.78 is 19.2. The summed E-state index contributed by atoms with van der Waals surface area (Å²) in [6.45, 7) is 0.569. The van der Waals surface area contributed by atoms with Crippen LogP contribution in [0.1, 0.15) is 23.4 Å². The zero-order valence-corrected chi connectivity index (χ0v) is 15.4. The summed E-state index contributed by atoms with van der Waals surface area (Å²) in [4.78, 5) is 13.3. The van der Waals surface area contributed by atoms with Crippen LogP contribution >= 0.6 is 0 Å². The number of fused-ring (bicyclic) bond motifs is 1. The third-order valence-corrected chi connectivity index (χ3v) is 4.49. The molecule has 4 rings (SSSR count). The Balaban J connectivity index is 1.50. The van der Waals surface area contributed by atoms with Crippen LogP contribution in [0.3, 0.4) is 0 Å². The minimum atomic E-state index is -0.249. The minimum Gasteiger partial charge on any atom is -0.477 e. The van der Waals surface area contributed by atoms with Gasteiger partial charge in [-0.3, -0.25) is 4.98 Å². The maximum atomic E-state index is 13.1. The Hall–Kier alpha value is -3.34. The number of nitrogens with zero attached hydrogens (tertiary/aromatic N) is 3. The molecule has 0 aliphatic carbocycles. The molecule has 0 atom stereocenters. The third kappa shape index (κ3) is 4.49. The Bertz CT molecular complexity index is 1050. The average Bonchev–Trinajstić information content (AvgIpc) is 2.73. The first kappa shape index (κ1) is 18.0. The van der Waals surface area contributed by atoms with Gasteiger partial charge in [-0.2, -0.15) is 4.98 Å². The lowest BCUT2D eigenvalue weighted by molar-refractivity contribution is 0.302. The van der Waals surface area contributed by atoms with E-state index in [0.717, 1.165) is 29.3 Å². The van der Waals surface area contributed by atoms with Gasteiger partial charge in [-0.1, -0.05) is 24.3 Å². The van der Waals surface area contributed by atoms with Gasteiger partial charge in [-0.25, -0.2) is 9.37 Å². The number of benzene rings is 2. The molecule has 0 N–H and O–H groups in total. The Labute approximate surface area is 163 Å². The van der Waals surface area contributed by atoms with Crippen LogP contribution in [0.2, 0.25) is 0 Å². The van der Waals surface area contributed by atoms with Gasteiger partial charge in [0.2, 0.25) is 5.88 Å². The molecule has 0 amide bonds. The zero-order valence-electron chi connectivity index (χ0n) is 15.4. The van der Waals surface area contributed by atoms with Gasteiger partial charge >= 0.3 is 0 Å². The molecule has 2 aromatic carbocycles. The Kier molecular flexibility index (Phi) is 5.52. The third-order valence-electron chi connectivity index (χ3n) is 4.49. The lowest BCUT2D eigenvalue weighted by Crippen LogP contribution is -2.05. The van der Waals surface area contributed by atoms with E-state index in [1.54, 1.807) is 24.5 Å². The van der Waals surface area contributed by atoms with Gasteiger partial charge in [0.1, 0.15) is 11.6 Å². The van der Waals surface area contributed by atoms with E-state index >= 15 is 0 Å². The van der Waals surface area contributed by atoms with E-state index in [1.807, 2.05) is 36.4 Å². The van der Waals surface area contributed by atoms with Crippen molar-refractivity contribution in [1.29, 1.82) is 0 Å². The first-order valence-corrected chi connectivity index (χ1v) is 9.30. The standard InChI is InChI=1S/C23H20FN3O/c24-19-9-7-18(8-10-19)16-22-26-21-6-2-1-5-20(21)23(27-22)28-15-3-4-17-11-13-25-14-12-17/h1-2,5-14H,3-4,15-16H2. The highest BCUT2D eigenvalue weighted by Crippen LogP contribution is 2.23. The van der Waals surface area contributed by atoms with Gasteiger partial charge in [-0.05, 0) is 60.4 Å². The average molecular weight is 373 g/mol. The summed E-state index contributed by atoms with van der Waals surface area (Å²) in [5.41, 5.74) is 3.04. The number of rotatable bonds is 7. The maximum Gasteiger partial charge on any atom is 0.224 e. The summed E-state index contributed by atoms with van der Waals surface area (Å²) in [5, 5.41) is 0.897. The number of hydrogen-bond acceptors (Lipinski definition) is 4. The zero-order chi connectivity index (χ0) is 19.2. The second-order valence-corrected chi connectivity index (χ2v) is 6.57. The minimum absolute atomic E-state index is 0.249. The van der Waals surface area contributed by atoms with Gasteiger partial charge in [0.15, 0.2) is 0 Å². The normalized spacial score (nSPS) is 10.9. The van der Waals surface area contributed by atoms with Crippen molar-refractivity contribution in [2.75, 3.05) is 6.61 Å². The van der Waals surface area contributed by atoms with E-state index in [4.69, 9.17) is 4.74 Å². The van der Waals surface area contributed by atoms with Gasteiger partial charge < -0.3 is 4.74 Å². The van der Waals surface area contributed by atoms with Gasteiger partial charge in [-0.15, -0.1) is 0 Å². The van der Waals surface area contributed by atoms with Crippen molar-refractivity contribution in [2.24, 2.45) is 0 Å². The van der Waals surface area contributed by atoms with Crippen LogP contribution in [0, 0.1) is 5.82 Å². The summed E-state index contributed by atoms with van der Waals surface area (Å²) in [6, 6.07) is 18.3. The summed E-state index contributed by atoms with van der Waals surface area (Å²) >= 11 is 0. The smallest absolute Gasteiger partial charge is 0.224 e. The fraction of sp³-hybridized carbons (Fsp3) is 0.174. The maximum absolute atomic E-state index is 13.1. The van der Waals surface area contributed by atoms with E-state index in [-0.39, 0.29) is 5.82 Å². The molecule has 4 nitrogen and oxygen atoms in total. The number of pyridine rings is 1. The SMILES string of the molecule is Fc1ccc(Cc2nc(OCCCc3ccncc3)c3ccccc3n2)cc1. The van der Waals surface area contributed by atoms with Gasteiger partial charge in [0.25, 0.3) is 0 Å². The van der Waals surface area contributed by atoms with Crippen molar-refractivity contribution >= 4 is 10.9 Å². The van der Waals surface area contributed by atoms with Crippen LogP contribution in [0.25, 0.3) is 10.9 Å². The van der Waals surface area contributed by atoms with Crippen molar-refractivity contribution < 1.29 is 9.13 Å². The van der Waals surface area contributed by atoms with E-state index < -0.39 is 0 Å². The Morgan fingerprint density at radius 3 is 2.43 bits per heavy atom. The quantitative estimate of drug-likeness (QED) is 0.438. The molecule has 0 fully saturated rings. The molecular formula is C23H20FN3O. The summed E-state index contributed by atoms with van der Waals surface area (Å²) in [6.07, 6.45) is 5.94. The van der Waals surface area contributed by atoms with E-state index in [1.165, 1.54) is 17.7 Å². The fourth-order valence-electron chi connectivity index (χ4n) is 3.06. The van der Waals surface area contributed by atoms with Crippen molar-refractivity contribution in [3.63, 3.8) is 0 Å². The molecule has 4 aromatic rings. The largest absolute Gasteiger partial charge is 0.477 e. The Morgan fingerprint density at radius 2 is 1.61 bits per heavy atom. The number of halogens is 1. The second-order valence-electron chi connectivity index (χ2n) is 6.57. The van der Waals surface area contributed by atoms with Crippen LogP contribution < -0.4 is 4.74 Å². The van der Waals surface area contributed by atoms with Crippen LogP contribution in [0.15, 0.2) is 73.1 Å². The first-order valence-electron chi connectivity index (χ1n) is 9.30. The number of aryl methyl sites for hydroxylation is 1. The molecule has 2 aromatic heterocycles. The predicted octanol–water partition coefficient (Wildman–Crippen LogP) is 4.77. The fourth-order valence-corrected chi connectivity index (χ4v) is 3.06. The number of ether oxygens (including phenoxy) is 1. The lowest BCUT2D eigenvalue weighted by atomic mass is 10.1. The number of hydrogen-bond donors (Lipinski definition) is 0. The molecule has 0 aliphatic heterocycles. The monoisotopic (exact) mass is 373 g/mol. The molecule has 0 radical (unpaired) electrons. The van der Waals surface area contributed by atoms with Gasteiger partial charge in [0.05, 0.1) is 17.5 Å². The summed E-state index contributed by atoms with van der Waals surface area (Å²) in [7, 11) is 0. The molecule has 0 saturated carbocycles. The molecule has 140 valence electrons. The van der Waals surface area contributed by atoms with E-state index in [9.17, 15) is 4.39 Å². The van der Waals surface area contributed by atoms with Gasteiger partial charge in [0, 0.05) is 18.8 Å². The highest BCUT2D eigenvalue weighted by molar-refractivity contribution is 5.83. The molecule has 0 spiro atoms. The van der Waals surface area contributed by atoms with E-state index in [2.05, 4.69) is 15.0 Å². The number of para-hydroxylation sites is 1. The lowest BCUT2D eigenvalue weighted by Gasteiger charge is -2.10. The number of aromatic nitrogens is 3. The molecule has 0 unspecified atom stereocenters. The molecule has 0 aliphatic rings. The van der Waals surface area contributed by atoms with Crippen LogP contribution in [0.5, 0.6) is 5.88 Å². The topological polar surface area (TPSA) is 47.9 Å². The van der Waals surface area contributed by atoms with Crippen molar-refractivity contribution in [1.82, 2.24) is 15.0 Å². The highest BCUT2D eigenvalue weighted by Gasteiger charge is 2.09. The molecule has 5 heteroatoms. The summed E-state index contributed by atoms with van der Waals surface area (Å²) in [5.74, 6) is 1.01. The molecule has 2 heterocycles. The van der Waals surface area contributed by atoms with Crippen molar-refractivity contribution in [3.05, 3.63) is 95.8 Å². The van der Waals surface area contributed by atoms with Crippen molar-refractivity contribution in [2.45, 2.75) is 19.3 Å². The second kappa shape index (κ2) is 8.57. The first-order chi connectivity index (χ1) is 13.8. The Morgan fingerprint density at radius 1 is 0.821 bits per heavy atom. The van der Waals surface area contributed by atoms with Crippen LogP contribution in [-0.2, 0) is 12.8 Å². The highest BCUT2D eigenvalue weighted by atomic mass is 19.1. The van der Waals surface area contributed by atoms with E-state index in [0.29, 0.717) is 24.7 Å². The molecule has 0 saturated heterocycles. The molecule has 28 heavy (non-hydrogen) atoms.